The van der Waals surface area contributed by atoms with Crippen LogP contribution in [0.15, 0.2) is 24.3 Å². The molecule has 116 valence electrons. The first kappa shape index (κ1) is 15.1. The fraction of sp³-hybridized carbons (Fsp3) is 0.684. The molecule has 0 aromatic heterocycles. The highest BCUT2D eigenvalue weighted by Gasteiger charge is 2.29. The number of nitrogens with one attached hydrogen (secondary N) is 1. The van der Waals surface area contributed by atoms with Crippen LogP contribution in [0, 0.1) is 6.92 Å². The molecule has 1 saturated carbocycles. The summed E-state index contributed by atoms with van der Waals surface area (Å²) >= 11 is 0. The Morgan fingerprint density at radius 1 is 1.14 bits per heavy atom. The molecule has 1 aromatic rings. The van der Waals surface area contributed by atoms with Crippen LogP contribution in [-0.4, -0.2) is 37.1 Å². The molecule has 1 aliphatic carbocycles. The fourth-order valence-electron chi connectivity index (χ4n) is 3.77. The number of hydrogen-bond acceptors (Lipinski definition) is 2. The van der Waals surface area contributed by atoms with Gasteiger partial charge in [0.2, 0.25) is 0 Å². The third-order valence-electron chi connectivity index (χ3n) is 5.18. The quantitative estimate of drug-likeness (QED) is 0.802. The average Bonchev–Trinajstić information content (AvgIpc) is 2.46. The van der Waals surface area contributed by atoms with E-state index in [1.54, 1.807) is 5.56 Å². The molecule has 0 amide bonds. The SMILES string of the molecule is Cc1cccc(C2CC(NCCCN3CCCCC3)C2)c1. The Bertz CT molecular complexity index is 431. The minimum Gasteiger partial charge on any atom is -0.314 e. The van der Waals surface area contributed by atoms with Crippen LogP contribution in [0.4, 0.5) is 0 Å². The molecule has 3 rings (SSSR count). The van der Waals surface area contributed by atoms with Crippen molar-refractivity contribution in [2.45, 2.75) is 57.4 Å². The Labute approximate surface area is 129 Å². The van der Waals surface area contributed by atoms with E-state index >= 15 is 0 Å². The Hall–Kier alpha value is -0.860. The molecule has 0 bridgehead atoms. The van der Waals surface area contributed by atoms with Crippen molar-refractivity contribution < 1.29 is 0 Å². The van der Waals surface area contributed by atoms with Gasteiger partial charge in [0.1, 0.15) is 0 Å². The van der Waals surface area contributed by atoms with Crippen LogP contribution < -0.4 is 5.32 Å². The van der Waals surface area contributed by atoms with Crippen molar-refractivity contribution in [1.82, 2.24) is 10.2 Å². The lowest BCUT2D eigenvalue weighted by atomic mass is 9.75. The maximum Gasteiger partial charge on any atom is 0.00787 e. The van der Waals surface area contributed by atoms with Crippen molar-refractivity contribution in [2.75, 3.05) is 26.2 Å². The molecule has 21 heavy (non-hydrogen) atoms. The Kier molecular flexibility index (Phi) is 5.32. The number of nitrogens with zero attached hydrogens (tertiary/aromatic N) is 1. The predicted molar refractivity (Wildman–Crippen MR) is 89.9 cm³/mol. The van der Waals surface area contributed by atoms with Crippen molar-refractivity contribution in [1.29, 1.82) is 0 Å². The smallest absolute Gasteiger partial charge is 0.00787 e. The van der Waals surface area contributed by atoms with Gasteiger partial charge in [-0.2, -0.15) is 0 Å². The van der Waals surface area contributed by atoms with Crippen molar-refractivity contribution >= 4 is 0 Å². The third kappa shape index (κ3) is 4.31. The first-order chi connectivity index (χ1) is 10.3. The summed E-state index contributed by atoms with van der Waals surface area (Å²) in [7, 11) is 0. The summed E-state index contributed by atoms with van der Waals surface area (Å²) < 4.78 is 0. The van der Waals surface area contributed by atoms with E-state index < -0.39 is 0 Å². The number of aryl methyl sites for hydroxylation is 1. The highest BCUT2D eigenvalue weighted by atomic mass is 15.1. The minimum atomic E-state index is 0.761. The van der Waals surface area contributed by atoms with Gasteiger partial charge in [-0.1, -0.05) is 36.2 Å². The summed E-state index contributed by atoms with van der Waals surface area (Å²) in [5, 5.41) is 3.75. The van der Waals surface area contributed by atoms with Crippen LogP contribution in [0.3, 0.4) is 0 Å². The minimum absolute atomic E-state index is 0.761. The van der Waals surface area contributed by atoms with Crippen LogP contribution in [-0.2, 0) is 0 Å². The number of hydrogen-bond donors (Lipinski definition) is 1. The molecule has 2 heteroatoms. The molecule has 1 N–H and O–H groups in total. The second-order valence-electron chi connectivity index (χ2n) is 6.99. The molecule has 2 aliphatic rings. The first-order valence-corrected chi connectivity index (χ1v) is 8.83. The number of piperidine rings is 1. The van der Waals surface area contributed by atoms with Gasteiger partial charge in [0.25, 0.3) is 0 Å². The maximum atomic E-state index is 3.75. The summed E-state index contributed by atoms with van der Waals surface area (Å²) in [4.78, 5) is 2.64. The molecule has 2 nitrogen and oxygen atoms in total. The monoisotopic (exact) mass is 286 g/mol. The van der Waals surface area contributed by atoms with Crippen LogP contribution in [0.2, 0.25) is 0 Å². The van der Waals surface area contributed by atoms with Crippen LogP contribution in [0.1, 0.15) is 55.6 Å². The van der Waals surface area contributed by atoms with E-state index in [-0.39, 0.29) is 0 Å². The van der Waals surface area contributed by atoms with E-state index in [1.807, 2.05) is 0 Å². The van der Waals surface area contributed by atoms with Gasteiger partial charge in [0.05, 0.1) is 0 Å². The first-order valence-electron chi connectivity index (χ1n) is 8.83. The highest BCUT2D eigenvalue weighted by Crippen LogP contribution is 2.36. The molecule has 1 aromatic carbocycles. The van der Waals surface area contributed by atoms with E-state index in [2.05, 4.69) is 41.4 Å². The Morgan fingerprint density at radius 2 is 1.95 bits per heavy atom. The average molecular weight is 286 g/mol. The molecule has 0 atom stereocenters. The second-order valence-corrected chi connectivity index (χ2v) is 6.99. The van der Waals surface area contributed by atoms with Gasteiger partial charge >= 0.3 is 0 Å². The fourth-order valence-corrected chi connectivity index (χ4v) is 3.77. The summed E-state index contributed by atoms with van der Waals surface area (Å²) in [6, 6.07) is 9.81. The summed E-state index contributed by atoms with van der Waals surface area (Å²) in [6.45, 7) is 7.35. The molecule has 2 fully saturated rings. The van der Waals surface area contributed by atoms with E-state index in [9.17, 15) is 0 Å². The lowest BCUT2D eigenvalue weighted by Crippen LogP contribution is -2.41. The topological polar surface area (TPSA) is 15.3 Å². The predicted octanol–water partition coefficient (Wildman–Crippen LogP) is 3.71. The van der Waals surface area contributed by atoms with E-state index in [4.69, 9.17) is 0 Å². The number of benzene rings is 1. The molecule has 1 saturated heterocycles. The summed E-state index contributed by atoms with van der Waals surface area (Å²) in [5.74, 6) is 0.796. The van der Waals surface area contributed by atoms with Crippen LogP contribution >= 0.6 is 0 Å². The zero-order valence-electron chi connectivity index (χ0n) is 13.5. The van der Waals surface area contributed by atoms with Gasteiger partial charge in [-0.15, -0.1) is 0 Å². The Morgan fingerprint density at radius 3 is 2.71 bits per heavy atom. The van der Waals surface area contributed by atoms with Gasteiger partial charge in [-0.3, -0.25) is 0 Å². The molecule has 0 unspecified atom stereocenters. The zero-order chi connectivity index (χ0) is 14.5. The Balaban J connectivity index is 1.28. The summed E-state index contributed by atoms with van der Waals surface area (Å²) in [5.41, 5.74) is 2.94. The summed E-state index contributed by atoms with van der Waals surface area (Å²) in [6.07, 6.45) is 8.23. The molecule has 0 radical (unpaired) electrons. The molecule has 1 aliphatic heterocycles. The second kappa shape index (κ2) is 7.42. The van der Waals surface area contributed by atoms with Gasteiger partial charge in [0.15, 0.2) is 0 Å². The van der Waals surface area contributed by atoms with E-state index in [0.717, 1.165) is 12.0 Å². The lowest BCUT2D eigenvalue weighted by Gasteiger charge is -2.37. The highest BCUT2D eigenvalue weighted by molar-refractivity contribution is 5.27. The van der Waals surface area contributed by atoms with E-state index in [0.29, 0.717) is 0 Å². The van der Waals surface area contributed by atoms with Crippen LogP contribution in [0.25, 0.3) is 0 Å². The van der Waals surface area contributed by atoms with Crippen molar-refractivity contribution in [2.24, 2.45) is 0 Å². The molecular weight excluding hydrogens is 256 g/mol. The van der Waals surface area contributed by atoms with Gasteiger partial charge in [-0.25, -0.2) is 0 Å². The molecule has 0 spiro atoms. The number of likely N-dealkylation sites (tertiary alicyclic amines) is 1. The van der Waals surface area contributed by atoms with Crippen molar-refractivity contribution in [3.05, 3.63) is 35.4 Å². The number of rotatable bonds is 6. The largest absolute Gasteiger partial charge is 0.314 e. The zero-order valence-corrected chi connectivity index (χ0v) is 13.5. The maximum absolute atomic E-state index is 3.75. The van der Waals surface area contributed by atoms with Gasteiger partial charge in [-0.05, 0) is 76.7 Å². The van der Waals surface area contributed by atoms with E-state index in [1.165, 1.54) is 70.3 Å². The van der Waals surface area contributed by atoms with Gasteiger partial charge in [0, 0.05) is 6.04 Å². The normalized spacial score (nSPS) is 26.5. The standard InChI is InChI=1S/C19H30N2/c1-16-7-5-8-17(13-16)18-14-19(15-18)20-9-6-12-21-10-3-2-4-11-21/h5,7-8,13,18-20H,2-4,6,9-12,14-15H2,1H3. The van der Waals surface area contributed by atoms with Crippen molar-refractivity contribution in [3.63, 3.8) is 0 Å². The van der Waals surface area contributed by atoms with Gasteiger partial charge < -0.3 is 10.2 Å². The molecular formula is C19H30N2. The van der Waals surface area contributed by atoms with Crippen LogP contribution in [0.5, 0.6) is 0 Å². The third-order valence-corrected chi connectivity index (χ3v) is 5.18. The van der Waals surface area contributed by atoms with Crippen molar-refractivity contribution in [3.8, 4) is 0 Å². The molecule has 1 heterocycles. The lowest BCUT2D eigenvalue weighted by molar-refractivity contribution is 0.220.